The molecule has 1 aliphatic rings. The molecule has 1 atom stereocenters. The van der Waals surface area contributed by atoms with Gasteiger partial charge in [-0.15, -0.1) is 0 Å². The molecule has 31 heavy (non-hydrogen) atoms. The monoisotopic (exact) mass is 445 g/mol. The molecule has 174 valence electrons. The van der Waals surface area contributed by atoms with Crippen molar-refractivity contribution in [2.24, 2.45) is 0 Å². The van der Waals surface area contributed by atoms with Gasteiger partial charge in [-0.3, -0.25) is 4.98 Å². The zero-order valence-corrected chi connectivity index (χ0v) is 18.3. The molecule has 1 aromatic rings. The number of carbonyl (C=O) groups excluding carboxylic acids is 2. The zero-order chi connectivity index (χ0) is 23.3. The van der Waals surface area contributed by atoms with E-state index in [1.165, 1.54) is 6.07 Å². The number of likely N-dealkylation sites (tertiary alicyclic amines) is 1. The lowest BCUT2D eigenvalue weighted by atomic mass is 9.90. The van der Waals surface area contributed by atoms with Gasteiger partial charge in [0.2, 0.25) is 0 Å². The van der Waals surface area contributed by atoms with Gasteiger partial charge in [-0.1, -0.05) is 0 Å². The number of aromatic nitrogens is 1. The minimum atomic E-state index is -4.43. The first-order valence-electron chi connectivity index (χ1n) is 10.2. The van der Waals surface area contributed by atoms with Gasteiger partial charge in [0.25, 0.3) is 0 Å². The molecule has 1 saturated heterocycles. The Bertz CT molecular complexity index is 740. The quantitative estimate of drug-likeness (QED) is 0.647. The first-order valence-corrected chi connectivity index (χ1v) is 10.2. The summed E-state index contributed by atoms with van der Waals surface area (Å²) in [6.45, 7) is 8.45. The van der Waals surface area contributed by atoms with E-state index in [0.29, 0.717) is 44.5 Å². The summed E-state index contributed by atoms with van der Waals surface area (Å²) in [7, 11) is 0. The molecule has 2 rings (SSSR count). The van der Waals surface area contributed by atoms with Crippen molar-refractivity contribution >= 4 is 12.4 Å². The minimum Gasteiger partial charge on any atom is -0.444 e. The van der Waals surface area contributed by atoms with E-state index in [1.54, 1.807) is 32.6 Å². The number of piperidine rings is 1. The summed E-state index contributed by atoms with van der Waals surface area (Å²) in [4.78, 5) is 28.9. The number of rotatable bonds is 7. The molecule has 0 spiro atoms. The Morgan fingerprint density at radius 2 is 1.94 bits per heavy atom. The van der Waals surface area contributed by atoms with Crippen LogP contribution < -0.4 is 5.32 Å². The molecule has 1 fully saturated rings. The standard InChI is InChI=1S/C21H30F3N3O4/c1-15(13-28)30-20(7-9-27(10-8-20)18(29)31-19(2,3)4)14-25-12-17-6-5-16(11-26-17)21(22,23)24/h5-6,11,13,15,25H,7-10,12,14H2,1-4H3. The summed E-state index contributed by atoms with van der Waals surface area (Å²) in [5.41, 5.74) is -1.63. The lowest BCUT2D eigenvalue weighted by Crippen LogP contribution is -2.54. The van der Waals surface area contributed by atoms with Crippen molar-refractivity contribution in [1.82, 2.24) is 15.2 Å². The number of pyridine rings is 1. The van der Waals surface area contributed by atoms with E-state index in [-0.39, 0.29) is 6.54 Å². The van der Waals surface area contributed by atoms with Crippen LogP contribution in [0.25, 0.3) is 0 Å². The molecule has 0 aliphatic carbocycles. The van der Waals surface area contributed by atoms with Gasteiger partial charge >= 0.3 is 12.3 Å². The normalized spacial score (nSPS) is 17.8. The van der Waals surface area contributed by atoms with Crippen LogP contribution in [0.15, 0.2) is 18.3 Å². The van der Waals surface area contributed by atoms with Crippen LogP contribution >= 0.6 is 0 Å². The number of halogens is 3. The van der Waals surface area contributed by atoms with E-state index in [2.05, 4.69) is 10.3 Å². The second-order valence-electron chi connectivity index (χ2n) is 8.75. The number of alkyl halides is 3. The summed E-state index contributed by atoms with van der Waals surface area (Å²) >= 11 is 0. The number of hydrogen-bond acceptors (Lipinski definition) is 6. The van der Waals surface area contributed by atoms with E-state index in [9.17, 15) is 22.8 Å². The first-order chi connectivity index (χ1) is 14.3. The Hall–Kier alpha value is -2.20. The lowest BCUT2D eigenvalue weighted by Gasteiger charge is -2.42. The number of carbonyl (C=O) groups is 2. The highest BCUT2D eigenvalue weighted by atomic mass is 19.4. The van der Waals surface area contributed by atoms with E-state index in [0.717, 1.165) is 12.3 Å². The fraction of sp³-hybridized carbons (Fsp3) is 0.667. The zero-order valence-electron chi connectivity index (χ0n) is 18.3. The molecule has 10 heteroatoms. The highest BCUT2D eigenvalue weighted by molar-refractivity contribution is 5.68. The van der Waals surface area contributed by atoms with Crippen LogP contribution in [0, 0.1) is 0 Å². The number of ether oxygens (including phenoxy) is 2. The smallest absolute Gasteiger partial charge is 0.417 e. The van der Waals surface area contributed by atoms with E-state index < -0.39 is 35.1 Å². The Kier molecular flexibility index (Phi) is 8.04. The van der Waals surface area contributed by atoms with Crippen LogP contribution in [0.4, 0.5) is 18.0 Å². The third kappa shape index (κ3) is 7.77. The maximum absolute atomic E-state index is 12.7. The molecule has 0 radical (unpaired) electrons. The third-order valence-electron chi connectivity index (χ3n) is 4.86. The summed E-state index contributed by atoms with van der Waals surface area (Å²) in [5, 5.41) is 3.16. The van der Waals surface area contributed by atoms with Crippen molar-refractivity contribution in [1.29, 1.82) is 0 Å². The van der Waals surface area contributed by atoms with Gasteiger partial charge in [-0.2, -0.15) is 13.2 Å². The predicted molar refractivity (Wildman–Crippen MR) is 107 cm³/mol. The molecule has 0 aromatic carbocycles. The summed E-state index contributed by atoms with van der Waals surface area (Å²) in [5.74, 6) is 0. The Labute approximate surface area is 180 Å². The molecule has 2 heterocycles. The van der Waals surface area contributed by atoms with E-state index in [1.807, 2.05) is 0 Å². The number of amides is 1. The van der Waals surface area contributed by atoms with Crippen molar-refractivity contribution in [3.63, 3.8) is 0 Å². The summed E-state index contributed by atoms with van der Waals surface area (Å²) in [6, 6.07) is 2.31. The molecule has 7 nitrogen and oxygen atoms in total. The van der Waals surface area contributed by atoms with Crippen LogP contribution in [0.2, 0.25) is 0 Å². The molecule has 1 amide bonds. The van der Waals surface area contributed by atoms with Crippen molar-refractivity contribution in [3.05, 3.63) is 29.6 Å². The minimum absolute atomic E-state index is 0.245. The van der Waals surface area contributed by atoms with Gasteiger partial charge in [0.05, 0.1) is 16.9 Å². The van der Waals surface area contributed by atoms with Gasteiger partial charge in [0.15, 0.2) is 0 Å². The second-order valence-corrected chi connectivity index (χ2v) is 8.75. The van der Waals surface area contributed by atoms with E-state index in [4.69, 9.17) is 9.47 Å². The molecular weight excluding hydrogens is 415 g/mol. The van der Waals surface area contributed by atoms with Crippen LogP contribution in [0.5, 0.6) is 0 Å². The molecule has 0 saturated carbocycles. The molecule has 0 bridgehead atoms. The van der Waals surface area contributed by atoms with Crippen molar-refractivity contribution in [3.8, 4) is 0 Å². The average Bonchev–Trinajstić information content (AvgIpc) is 2.67. The first kappa shape index (κ1) is 25.1. The van der Waals surface area contributed by atoms with Gasteiger partial charge in [-0.25, -0.2) is 4.79 Å². The summed E-state index contributed by atoms with van der Waals surface area (Å²) in [6.07, 6.45) is -2.97. The SMILES string of the molecule is CC(C=O)OC1(CNCc2ccc(C(F)(F)F)cn2)CCN(C(=O)OC(C)(C)C)CC1. The topological polar surface area (TPSA) is 80.8 Å². The number of nitrogens with one attached hydrogen (secondary N) is 1. The molecule has 1 unspecified atom stereocenters. The maximum Gasteiger partial charge on any atom is 0.417 e. The predicted octanol–water partition coefficient (Wildman–Crippen LogP) is 3.56. The summed E-state index contributed by atoms with van der Waals surface area (Å²) < 4.78 is 49.4. The Balaban J connectivity index is 1.96. The molecule has 1 aromatic heterocycles. The average molecular weight is 445 g/mol. The molecule has 1 aliphatic heterocycles. The molecular formula is C21H30F3N3O4. The second kappa shape index (κ2) is 9.95. The number of aldehydes is 1. The lowest BCUT2D eigenvalue weighted by molar-refractivity contribution is -0.139. The van der Waals surface area contributed by atoms with Gasteiger partial charge in [0, 0.05) is 32.4 Å². The van der Waals surface area contributed by atoms with E-state index >= 15 is 0 Å². The third-order valence-corrected chi connectivity index (χ3v) is 4.86. The van der Waals surface area contributed by atoms with Crippen LogP contribution in [0.1, 0.15) is 51.8 Å². The molecule has 1 N–H and O–H groups in total. The Morgan fingerprint density at radius 1 is 1.29 bits per heavy atom. The van der Waals surface area contributed by atoms with Crippen molar-refractivity contribution < 1.29 is 32.2 Å². The highest BCUT2D eigenvalue weighted by Gasteiger charge is 2.39. The number of nitrogens with zero attached hydrogens (tertiary/aromatic N) is 2. The fourth-order valence-corrected chi connectivity index (χ4v) is 3.30. The van der Waals surface area contributed by atoms with Crippen molar-refractivity contribution in [2.45, 2.75) is 70.6 Å². The number of hydrogen-bond donors (Lipinski definition) is 1. The highest BCUT2D eigenvalue weighted by Crippen LogP contribution is 2.29. The largest absolute Gasteiger partial charge is 0.444 e. The van der Waals surface area contributed by atoms with Gasteiger partial charge in [-0.05, 0) is 52.7 Å². The van der Waals surface area contributed by atoms with Crippen LogP contribution in [-0.2, 0) is 27.0 Å². The van der Waals surface area contributed by atoms with Crippen LogP contribution in [-0.4, -0.2) is 59.2 Å². The van der Waals surface area contributed by atoms with Crippen molar-refractivity contribution in [2.75, 3.05) is 19.6 Å². The van der Waals surface area contributed by atoms with Gasteiger partial charge < -0.3 is 24.5 Å². The van der Waals surface area contributed by atoms with Gasteiger partial charge in [0.1, 0.15) is 18.0 Å². The fourth-order valence-electron chi connectivity index (χ4n) is 3.30. The maximum atomic E-state index is 12.7. The Morgan fingerprint density at radius 3 is 2.42 bits per heavy atom. The van der Waals surface area contributed by atoms with Crippen LogP contribution in [0.3, 0.4) is 0 Å².